The number of thiophene rings is 1. The lowest BCUT2D eigenvalue weighted by Crippen LogP contribution is -2.29. The molecule has 1 atom stereocenters. The number of rotatable bonds is 4. The van der Waals surface area contributed by atoms with Crippen LogP contribution in [-0.2, 0) is 5.41 Å². The minimum absolute atomic E-state index is 0.635. The Morgan fingerprint density at radius 2 is 0.726 bits per heavy atom. The third-order valence-electron chi connectivity index (χ3n) is 13.0. The third kappa shape index (κ3) is 5.14. The Labute approximate surface area is 363 Å². The molecule has 4 heteroatoms. The zero-order chi connectivity index (χ0) is 40.8. The maximum Gasteiger partial charge on any atom is 0.164 e. The molecule has 2 aliphatic carbocycles. The summed E-state index contributed by atoms with van der Waals surface area (Å²) in [6, 6.07) is 77.0. The maximum absolute atomic E-state index is 5.31. The van der Waals surface area contributed by atoms with Gasteiger partial charge >= 0.3 is 0 Å². The number of hydrogen-bond acceptors (Lipinski definition) is 4. The first-order chi connectivity index (χ1) is 30.7. The predicted octanol–water partition coefficient (Wildman–Crippen LogP) is 14.9. The molecule has 0 saturated heterocycles. The molecule has 9 aromatic carbocycles. The number of benzene rings is 9. The molecule has 2 aliphatic rings. The SMILES string of the molecule is c1ccc(-c2ccc(-c3nc(-c4ccccc4)nc(-c4ccc5c(c4)C4(c6ccccc6-c6ccccc6-5)c5ccccc5-c5cc6c(cc54)sc4ccccc46)n3)cc2)cc1. The third-order valence-corrected chi connectivity index (χ3v) is 14.1. The molecule has 11 aromatic rings. The molecule has 2 heterocycles. The van der Waals surface area contributed by atoms with Crippen molar-refractivity contribution < 1.29 is 0 Å². The Morgan fingerprint density at radius 3 is 1.40 bits per heavy atom. The minimum atomic E-state index is -0.650. The van der Waals surface area contributed by atoms with Gasteiger partial charge in [-0.05, 0) is 91.0 Å². The lowest BCUT2D eigenvalue weighted by Gasteiger charge is -2.35. The van der Waals surface area contributed by atoms with Crippen LogP contribution in [0.25, 0.3) is 98.8 Å². The minimum Gasteiger partial charge on any atom is -0.208 e. The fraction of sp³-hybridized carbons (Fsp3) is 0.0172. The molecule has 0 N–H and O–H groups in total. The second-order valence-electron chi connectivity index (χ2n) is 16.3. The van der Waals surface area contributed by atoms with Gasteiger partial charge in [0.2, 0.25) is 0 Å². The average molecular weight is 806 g/mol. The summed E-state index contributed by atoms with van der Waals surface area (Å²) in [7, 11) is 0. The largest absolute Gasteiger partial charge is 0.208 e. The highest BCUT2D eigenvalue weighted by molar-refractivity contribution is 7.25. The van der Waals surface area contributed by atoms with Crippen LogP contribution in [0.3, 0.4) is 0 Å². The van der Waals surface area contributed by atoms with Gasteiger partial charge in [-0.2, -0.15) is 0 Å². The second-order valence-corrected chi connectivity index (χ2v) is 17.3. The monoisotopic (exact) mass is 805 g/mol. The Hall–Kier alpha value is -7.79. The predicted molar refractivity (Wildman–Crippen MR) is 256 cm³/mol. The van der Waals surface area contributed by atoms with E-state index in [0.29, 0.717) is 17.5 Å². The van der Waals surface area contributed by atoms with Gasteiger partial charge in [-0.3, -0.25) is 0 Å². The Morgan fingerprint density at radius 1 is 0.274 bits per heavy atom. The van der Waals surface area contributed by atoms with E-state index >= 15 is 0 Å². The highest BCUT2D eigenvalue weighted by atomic mass is 32.1. The average Bonchev–Trinajstić information content (AvgIpc) is 3.82. The van der Waals surface area contributed by atoms with Crippen molar-refractivity contribution in [2.75, 3.05) is 0 Å². The number of nitrogens with zero attached hydrogens (tertiary/aromatic N) is 3. The molecule has 0 aliphatic heterocycles. The molecule has 0 amide bonds. The van der Waals surface area contributed by atoms with Crippen molar-refractivity contribution in [1.29, 1.82) is 0 Å². The number of hydrogen-bond donors (Lipinski definition) is 0. The van der Waals surface area contributed by atoms with Crippen molar-refractivity contribution in [2.24, 2.45) is 0 Å². The first kappa shape index (κ1) is 35.0. The van der Waals surface area contributed by atoms with Crippen LogP contribution in [0.5, 0.6) is 0 Å². The summed E-state index contributed by atoms with van der Waals surface area (Å²) in [5.41, 5.74) is 17.0. The maximum atomic E-state index is 5.31. The van der Waals surface area contributed by atoms with E-state index in [1.54, 1.807) is 0 Å². The second kappa shape index (κ2) is 13.6. The van der Waals surface area contributed by atoms with E-state index in [4.69, 9.17) is 15.0 Å². The quantitative estimate of drug-likeness (QED) is 0.178. The molecule has 1 spiro atoms. The van der Waals surface area contributed by atoms with Crippen LogP contribution >= 0.6 is 11.3 Å². The van der Waals surface area contributed by atoms with Gasteiger partial charge in [-0.15, -0.1) is 11.3 Å². The van der Waals surface area contributed by atoms with Crippen LogP contribution in [0, 0.1) is 0 Å². The van der Waals surface area contributed by atoms with E-state index in [9.17, 15) is 0 Å². The van der Waals surface area contributed by atoms with E-state index in [0.717, 1.165) is 22.3 Å². The van der Waals surface area contributed by atoms with Crippen molar-refractivity contribution in [3.63, 3.8) is 0 Å². The van der Waals surface area contributed by atoms with E-state index in [2.05, 4.69) is 188 Å². The van der Waals surface area contributed by atoms with Crippen LogP contribution in [0.4, 0.5) is 0 Å². The van der Waals surface area contributed by atoms with Gasteiger partial charge in [0.1, 0.15) is 0 Å². The van der Waals surface area contributed by atoms with Crippen molar-refractivity contribution in [1.82, 2.24) is 15.0 Å². The van der Waals surface area contributed by atoms with Crippen LogP contribution in [0.2, 0.25) is 0 Å². The van der Waals surface area contributed by atoms with Gasteiger partial charge in [0.25, 0.3) is 0 Å². The summed E-state index contributed by atoms with van der Waals surface area (Å²) >= 11 is 1.88. The highest BCUT2D eigenvalue weighted by Crippen LogP contribution is 2.62. The van der Waals surface area contributed by atoms with Gasteiger partial charge in [0.05, 0.1) is 5.41 Å². The van der Waals surface area contributed by atoms with E-state index < -0.39 is 5.41 Å². The molecule has 0 bridgehead atoms. The topological polar surface area (TPSA) is 38.7 Å². The molecule has 2 aromatic heterocycles. The summed E-state index contributed by atoms with van der Waals surface area (Å²) in [5.74, 6) is 1.91. The molecule has 3 nitrogen and oxygen atoms in total. The Bertz CT molecular complexity index is 3570. The molecule has 13 rings (SSSR count). The van der Waals surface area contributed by atoms with Crippen LogP contribution < -0.4 is 0 Å². The summed E-state index contributed by atoms with van der Waals surface area (Å²) in [6.45, 7) is 0. The first-order valence-electron chi connectivity index (χ1n) is 21.1. The van der Waals surface area contributed by atoms with Gasteiger partial charge in [0.15, 0.2) is 17.5 Å². The summed E-state index contributed by atoms with van der Waals surface area (Å²) in [6.07, 6.45) is 0. The lowest BCUT2D eigenvalue weighted by molar-refractivity contribution is 0.777. The van der Waals surface area contributed by atoms with Crippen LogP contribution in [-0.4, -0.2) is 15.0 Å². The molecule has 0 fully saturated rings. The van der Waals surface area contributed by atoms with Crippen LogP contribution in [0.1, 0.15) is 22.3 Å². The van der Waals surface area contributed by atoms with Crippen molar-refractivity contribution in [3.8, 4) is 78.7 Å². The van der Waals surface area contributed by atoms with Crippen molar-refractivity contribution >= 4 is 31.5 Å². The zero-order valence-corrected chi connectivity index (χ0v) is 34.3. The van der Waals surface area contributed by atoms with E-state index in [-0.39, 0.29) is 0 Å². The van der Waals surface area contributed by atoms with Crippen molar-refractivity contribution in [3.05, 3.63) is 235 Å². The molecule has 0 radical (unpaired) electrons. The van der Waals surface area contributed by atoms with E-state index in [1.165, 1.54) is 81.4 Å². The van der Waals surface area contributed by atoms with Gasteiger partial charge in [-0.25, -0.2) is 15.0 Å². The summed E-state index contributed by atoms with van der Waals surface area (Å²) in [4.78, 5) is 15.7. The molecule has 62 heavy (non-hydrogen) atoms. The number of fused-ring (bicyclic) bond motifs is 15. The standard InChI is InChI=1S/C58H35N3S/c1-3-15-36(16-4-1)37-27-29-39(30-28-37)56-59-55(38-17-5-2-6-18-38)60-57(61-56)40-31-32-45-42-20-8-7-19-41(42)43-21-9-12-24-49(43)58(51(45)33-40)50-25-13-10-22-44(50)47-34-48-46-23-11-14-26-53(46)62-54(48)35-52(47)58/h1-35H. The Kier molecular flexibility index (Phi) is 7.69. The lowest BCUT2D eigenvalue weighted by atomic mass is 9.65. The van der Waals surface area contributed by atoms with Gasteiger partial charge in [-0.1, -0.05) is 188 Å². The first-order valence-corrected chi connectivity index (χ1v) is 21.9. The molecular weight excluding hydrogens is 771 g/mol. The molecule has 1 unspecified atom stereocenters. The summed E-state index contributed by atoms with van der Waals surface area (Å²) < 4.78 is 2.60. The smallest absolute Gasteiger partial charge is 0.164 e. The van der Waals surface area contributed by atoms with Crippen molar-refractivity contribution in [2.45, 2.75) is 5.41 Å². The van der Waals surface area contributed by atoms with Gasteiger partial charge in [0, 0.05) is 36.9 Å². The zero-order valence-electron chi connectivity index (χ0n) is 33.5. The number of aromatic nitrogens is 3. The normalized spacial score (nSPS) is 14.5. The van der Waals surface area contributed by atoms with Gasteiger partial charge < -0.3 is 0 Å². The van der Waals surface area contributed by atoms with Crippen LogP contribution in [0.15, 0.2) is 212 Å². The molecule has 0 saturated carbocycles. The fourth-order valence-corrected chi connectivity index (χ4v) is 11.4. The fourth-order valence-electron chi connectivity index (χ4n) is 10.2. The highest BCUT2D eigenvalue weighted by Gasteiger charge is 2.50. The molecule has 288 valence electrons. The Balaban J connectivity index is 1.10. The van der Waals surface area contributed by atoms with E-state index in [1.807, 2.05) is 35.6 Å². The summed E-state index contributed by atoms with van der Waals surface area (Å²) in [5, 5.41) is 2.61. The molecular formula is C58H35N3S.